The molecule has 0 bridgehead atoms. The highest BCUT2D eigenvalue weighted by atomic mass is 16.4. The van der Waals surface area contributed by atoms with Crippen LogP contribution in [0.1, 0.15) is 40.5 Å². The lowest BCUT2D eigenvalue weighted by atomic mass is 9.97. The minimum absolute atomic E-state index is 0.0158. The van der Waals surface area contributed by atoms with Crippen LogP contribution in [-0.4, -0.2) is 34.5 Å². The number of hydrogen-bond acceptors (Lipinski definition) is 2. The predicted molar refractivity (Wildman–Crippen MR) is 58.6 cm³/mol. The highest BCUT2D eigenvalue weighted by molar-refractivity contribution is 5.82. The molecule has 0 spiro atoms. The summed E-state index contributed by atoms with van der Waals surface area (Å²) in [5.74, 6) is -1.09. The molecule has 0 aromatic carbocycles. The van der Waals surface area contributed by atoms with Gasteiger partial charge in [0, 0.05) is 13.5 Å². The Morgan fingerprint density at radius 3 is 2.13 bits per heavy atom. The summed E-state index contributed by atoms with van der Waals surface area (Å²) in [5.41, 5.74) is 0. The lowest BCUT2D eigenvalue weighted by Gasteiger charge is -2.31. The molecule has 0 radical (unpaired) electrons. The third-order valence-corrected chi connectivity index (χ3v) is 2.64. The second kappa shape index (κ2) is 6.43. The van der Waals surface area contributed by atoms with Gasteiger partial charge in [-0.15, -0.1) is 0 Å². The molecule has 15 heavy (non-hydrogen) atoms. The van der Waals surface area contributed by atoms with Crippen molar-refractivity contribution in [3.8, 4) is 0 Å². The first-order valence-electron chi connectivity index (χ1n) is 5.45. The Kier molecular flexibility index (Phi) is 5.97. The SMILES string of the molecule is CCCN(C(C)=O)C(C(=O)O)C(C)CC. The first-order chi connectivity index (χ1) is 6.95. The molecular formula is C11H21NO3. The second-order valence-electron chi connectivity index (χ2n) is 3.88. The Labute approximate surface area is 91.3 Å². The van der Waals surface area contributed by atoms with E-state index in [9.17, 15) is 9.59 Å². The predicted octanol–water partition coefficient (Wildman–Crippen LogP) is 1.74. The van der Waals surface area contributed by atoms with E-state index in [2.05, 4.69) is 0 Å². The molecule has 1 amide bonds. The molecule has 2 atom stereocenters. The number of carboxylic acid groups (broad SMARTS) is 1. The molecule has 0 saturated carbocycles. The maximum atomic E-state index is 11.4. The molecule has 0 aromatic heterocycles. The number of hydrogen-bond donors (Lipinski definition) is 1. The normalized spacial score (nSPS) is 14.4. The Balaban J connectivity index is 4.83. The maximum Gasteiger partial charge on any atom is 0.326 e. The molecule has 0 saturated heterocycles. The van der Waals surface area contributed by atoms with Crippen LogP contribution < -0.4 is 0 Å². The van der Waals surface area contributed by atoms with Gasteiger partial charge in [-0.1, -0.05) is 27.2 Å². The van der Waals surface area contributed by atoms with Gasteiger partial charge in [-0.25, -0.2) is 4.79 Å². The summed E-state index contributed by atoms with van der Waals surface area (Å²) in [6.07, 6.45) is 1.53. The highest BCUT2D eigenvalue weighted by Gasteiger charge is 2.31. The largest absolute Gasteiger partial charge is 0.480 e. The van der Waals surface area contributed by atoms with E-state index in [4.69, 9.17) is 5.11 Å². The standard InChI is InChI=1S/C11H21NO3/c1-5-7-12(9(4)13)10(11(14)15)8(3)6-2/h8,10H,5-7H2,1-4H3,(H,14,15). The zero-order valence-electron chi connectivity index (χ0n) is 9.99. The monoisotopic (exact) mass is 215 g/mol. The van der Waals surface area contributed by atoms with Crippen molar-refractivity contribution < 1.29 is 14.7 Å². The van der Waals surface area contributed by atoms with E-state index in [1.54, 1.807) is 0 Å². The number of nitrogens with zero attached hydrogens (tertiary/aromatic N) is 1. The number of carbonyl (C=O) groups is 2. The van der Waals surface area contributed by atoms with E-state index < -0.39 is 12.0 Å². The molecule has 2 unspecified atom stereocenters. The lowest BCUT2D eigenvalue weighted by molar-refractivity contribution is -0.151. The fourth-order valence-electron chi connectivity index (χ4n) is 1.64. The summed E-state index contributed by atoms with van der Waals surface area (Å²) in [7, 11) is 0. The summed E-state index contributed by atoms with van der Waals surface area (Å²) >= 11 is 0. The molecule has 0 aliphatic rings. The zero-order valence-corrected chi connectivity index (χ0v) is 9.99. The zero-order chi connectivity index (χ0) is 12.0. The number of rotatable bonds is 6. The lowest BCUT2D eigenvalue weighted by Crippen LogP contribution is -2.48. The molecule has 1 N–H and O–H groups in total. The molecule has 4 heteroatoms. The summed E-state index contributed by atoms with van der Waals surface area (Å²) < 4.78 is 0. The van der Waals surface area contributed by atoms with Crippen LogP contribution in [0.3, 0.4) is 0 Å². The average molecular weight is 215 g/mol. The summed E-state index contributed by atoms with van der Waals surface area (Å²) in [5, 5.41) is 9.13. The molecule has 0 heterocycles. The van der Waals surface area contributed by atoms with Crippen LogP contribution in [0.2, 0.25) is 0 Å². The third kappa shape index (κ3) is 3.90. The highest BCUT2D eigenvalue weighted by Crippen LogP contribution is 2.15. The van der Waals surface area contributed by atoms with Gasteiger partial charge in [0.25, 0.3) is 0 Å². The minimum Gasteiger partial charge on any atom is -0.480 e. The topological polar surface area (TPSA) is 57.6 Å². The fraction of sp³-hybridized carbons (Fsp3) is 0.818. The van der Waals surface area contributed by atoms with Gasteiger partial charge in [-0.2, -0.15) is 0 Å². The van der Waals surface area contributed by atoms with E-state index in [1.165, 1.54) is 11.8 Å². The van der Waals surface area contributed by atoms with Crippen LogP contribution in [0, 0.1) is 5.92 Å². The smallest absolute Gasteiger partial charge is 0.326 e. The maximum absolute atomic E-state index is 11.4. The second-order valence-corrected chi connectivity index (χ2v) is 3.88. The molecule has 0 aliphatic heterocycles. The fourth-order valence-corrected chi connectivity index (χ4v) is 1.64. The Bertz CT molecular complexity index is 228. The van der Waals surface area contributed by atoms with Crippen LogP contribution in [0.25, 0.3) is 0 Å². The van der Waals surface area contributed by atoms with Crippen molar-refractivity contribution in [1.29, 1.82) is 0 Å². The number of amides is 1. The van der Waals surface area contributed by atoms with Crippen LogP contribution in [0.15, 0.2) is 0 Å². The number of carboxylic acids is 1. The first-order valence-corrected chi connectivity index (χ1v) is 5.45. The minimum atomic E-state index is -0.909. The van der Waals surface area contributed by atoms with Crippen molar-refractivity contribution >= 4 is 11.9 Å². The van der Waals surface area contributed by atoms with Crippen molar-refractivity contribution in [2.45, 2.75) is 46.6 Å². The number of aliphatic carboxylic acids is 1. The molecule has 0 fully saturated rings. The van der Waals surface area contributed by atoms with E-state index >= 15 is 0 Å². The van der Waals surface area contributed by atoms with Gasteiger partial charge in [-0.05, 0) is 12.3 Å². The van der Waals surface area contributed by atoms with Crippen molar-refractivity contribution in [1.82, 2.24) is 4.90 Å². The van der Waals surface area contributed by atoms with Crippen molar-refractivity contribution in [3.63, 3.8) is 0 Å². The van der Waals surface area contributed by atoms with Crippen molar-refractivity contribution in [2.24, 2.45) is 5.92 Å². The first kappa shape index (κ1) is 13.9. The van der Waals surface area contributed by atoms with E-state index in [-0.39, 0.29) is 11.8 Å². The van der Waals surface area contributed by atoms with Gasteiger partial charge < -0.3 is 10.0 Å². The van der Waals surface area contributed by atoms with Crippen molar-refractivity contribution in [3.05, 3.63) is 0 Å². The van der Waals surface area contributed by atoms with Crippen LogP contribution in [-0.2, 0) is 9.59 Å². The molecule has 4 nitrogen and oxygen atoms in total. The van der Waals surface area contributed by atoms with E-state index in [0.29, 0.717) is 6.54 Å². The van der Waals surface area contributed by atoms with Gasteiger partial charge >= 0.3 is 5.97 Å². The molecule has 0 aromatic rings. The third-order valence-electron chi connectivity index (χ3n) is 2.64. The molecule has 0 rings (SSSR count). The Hall–Kier alpha value is -1.06. The summed E-state index contributed by atoms with van der Waals surface area (Å²) in [6, 6.07) is -0.688. The van der Waals surface area contributed by atoms with Gasteiger partial charge in [0.1, 0.15) is 6.04 Å². The quantitative estimate of drug-likeness (QED) is 0.734. The van der Waals surface area contributed by atoms with Crippen LogP contribution in [0.5, 0.6) is 0 Å². The van der Waals surface area contributed by atoms with Crippen LogP contribution in [0.4, 0.5) is 0 Å². The van der Waals surface area contributed by atoms with Crippen LogP contribution >= 0.6 is 0 Å². The van der Waals surface area contributed by atoms with Gasteiger partial charge in [0.05, 0.1) is 0 Å². The molecular weight excluding hydrogens is 194 g/mol. The average Bonchev–Trinajstić information content (AvgIpc) is 2.15. The van der Waals surface area contributed by atoms with Gasteiger partial charge in [-0.3, -0.25) is 4.79 Å². The van der Waals surface area contributed by atoms with E-state index in [1.807, 2.05) is 20.8 Å². The molecule has 88 valence electrons. The Morgan fingerprint density at radius 1 is 1.33 bits per heavy atom. The Morgan fingerprint density at radius 2 is 1.87 bits per heavy atom. The van der Waals surface area contributed by atoms with E-state index in [0.717, 1.165) is 12.8 Å². The van der Waals surface area contributed by atoms with Crippen molar-refractivity contribution in [2.75, 3.05) is 6.54 Å². The molecule has 0 aliphatic carbocycles. The number of carbonyl (C=O) groups excluding carboxylic acids is 1. The summed E-state index contributed by atoms with van der Waals surface area (Å²) in [4.78, 5) is 23.9. The van der Waals surface area contributed by atoms with Gasteiger partial charge in [0.15, 0.2) is 0 Å². The summed E-state index contributed by atoms with van der Waals surface area (Å²) in [6.45, 7) is 7.67. The van der Waals surface area contributed by atoms with Gasteiger partial charge in [0.2, 0.25) is 5.91 Å².